The van der Waals surface area contributed by atoms with E-state index in [0.29, 0.717) is 24.5 Å². The summed E-state index contributed by atoms with van der Waals surface area (Å²) >= 11 is 6.19. The van der Waals surface area contributed by atoms with Crippen LogP contribution in [0.15, 0.2) is 70.5 Å². The van der Waals surface area contributed by atoms with E-state index in [4.69, 9.17) is 11.6 Å². The summed E-state index contributed by atoms with van der Waals surface area (Å²) in [6, 6.07) is 15.1. The fourth-order valence-electron chi connectivity index (χ4n) is 4.21. The molecule has 1 aliphatic heterocycles. The van der Waals surface area contributed by atoms with Gasteiger partial charge in [-0.15, -0.1) is 0 Å². The van der Waals surface area contributed by atoms with Gasteiger partial charge in [0.05, 0.1) is 9.92 Å². The molecule has 1 amide bonds. The first-order valence-corrected chi connectivity index (χ1v) is 15.6. The molecule has 1 heterocycles. The van der Waals surface area contributed by atoms with Gasteiger partial charge in [0.2, 0.25) is 10.0 Å². The lowest BCUT2D eigenvalue weighted by atomic mass is 10.1. The highest BCUT2D eigenvalue weighted by Crippen LogP contribution is 2.27. The number of amides is 1. The van der Waals surface area contributed by atoms with Crippen molar-refractivity contribution in [2.75, 3.05) is 23.1 Å². The van der Waals surface area contributed by atoms with Crippen LogP contribution in [-0.4, -0.2) is 40.1 Å². The van der Waals surface area contributed by atoms with Crippen molar-refractivity contribution < 1.29 is 21.6 Å². The molecule has 3 aromatic rings. The molecule has 1 saturated heterocycles. The molecule has 0 atom stereocenters. The molecule has 0 unspecified atom stereocenters. The summed E-state index contributed by atoms with van der Waals surface area (Å²) in [5, 5.41) is 2.66. The Labute approximate surface area is 229 Å². The first kappa shape index (κ1) is 28.1. The van der Waals surface area contributed by atoms with E-state index in [2.05, 4.69) is 10.0 Å². The van der Waals surface area contributed by atoms with Crippen LogP contribution < -0.4 is 10.0 Å². The SMILES string of the molecule is Cc1ccc(NS(=O)(=O)c2cc(C(=O)Nc3ccc(S(=O)(=O)N4CCCCCC4)cc3)ccc2Cl)cc1C. The van der Waals surface area contributed by atoms with Crippen molar-refractivity contribution in [1.82, 2.24) is 4.31 Å². The number of hydrogen-bond donors (Lipinski definition) is 2. The number of benzene rings is 3. The molecule has 0 spiro atoms. The lowest BCUT2D eigenvalue weighted by molar-refractivity contribution is 0.102. The third-order valence-corrected chi connectivity index (χ3v) is 10.3. The van der Waals surface area contributed by atoms with Crippen LogP contribution in [0.4, 0.5) is 11.4 Å². The van der Waals surface area contributed by atoms with Gasteiger partial charge in [-0.1, -0.05) is 30.5 Å². The zero-order valence-electron chi connectivity index (χ0n) is 21.2. The average Bonchev–Trinajstić information content (AvgIpc) is 3.17. The van der Waals surface area contributed by atoms with Crippen molar-refractivity contribution in [3.05, 3.63) is 82.4 Å². The Morgan fingerprint density at radius 1 is 0.789 bits per heavy atom. The number of anilines is 2. The van der Waals surface area contributed by atoms with Crippen LogP contribution in [-0.2, 0) is 20.0 Å². The second kappa shape index (κ2) is 11.4. The number of carbonyl (C=O) groups excluding carboxylic acids is 1. The molecule has 11 heteroatoms. The lowest BCUT2D eigenvalue weighted by Crippen LogP contribution is -2.31. The Balaban J connectivity index is 1.50. The van der Waals surface area contributed by atoms with E-state index in [9.17, 15) is 21.6 Å². The van der Waals surface area contributed by atoms with Crippen molar-refractivity contribution in [3.63, 3.8) is 0 Å². The van der Waals surface area contributed by atoms with Crippen LogP contribution in [0, 0.1) is 13.8 Å². The minimum atomic E-state index is -4.07. The van der Waals surface area contributed by atoms with Crippen LogP contribution in [0.2, 0.25) is 5.02 Å². The first-order valence-electron chi connectivity index (χ1n) is 12.3. The number of rotatable bonds is 7. The highest BCUT2D eigenvalue weighted by molar-refractivity contribution is 7.92. The summed E-state index contributed by atoms with van der Waals surface area (Å²) < 4.78 is 56.1. The molecule has 38 heavy (non-hydrogen) atoms. The molecular weight excluding hydrogens is 546 g/mol. The number of nitrogens with zero attached hydrogens (tertiary/aromatic N) is 1. The second-order valence-corrected chi connectivity index (χ2v) is 13.3. The number of nitrogens with one attached hydrogen (secondary N) is 2. The fourth-order valence-corrected chi connectivity index (χ4v) is 7.30. The number of aryl methyl sites for hydroxylation is 2. The van der Waals surface area contributed by atoms with Crippen LogP contribution in [0.25, 0.3) is 0 Å². The maximum absolute atomic E-state index is 13.0. The van der Waals surface area contributed by atoms with Gasteiger partial charge in [0.25, 0.3) is 15.9 Å². The molecule has 0 bridgehead atoms. The van der Waals surface area contributed by atoms with Crippen molar-refractivity contribution >= 4 is 48.9 Å². The van der Waals surface area contributed by atoms with E-state index >= 15 is 0 Å². The van der Waals surface area contributed by atoms with Gasteiger partial charge in [-0.25, -0.2) is 16.8 Å². The monoisotopic (exact) mass is 575 g/mol. The van der Waals surface area contributed by atoms with Crippen molar-refractivity contribution in [2.24, 2.45) is 0 Å². The molecule has 8 nitrogen and oxygen atoms in total. The number of halogens is 1. The first-order chi connectivity index (χ1) is 18.0. The van der Waals surface area contributed by atoms with Crippen LogP contribution >= 0.6 is 11.6 Å². The van der Waals surface area contributed by atoms with E-state index in [0.717, 1.165) is 36.8 Å². The molecule has 0 radical (unpaired) electrons. The van der Waals surface area contributed by atoms with Crippen LogP contribution in [0.3, 0.4) is 0 Å². The Morgan fingerprint density at radius 2 is 1.42 bits per heavy atom. The molecule has 0 aromatic heterocycles. The molecule has 0 saturated carbocycles. The van der Waals surface area contributed by atoms with E-state index in [1.807, 2.05) is 19.9 Å². The zero-order chi connectivity index (χ0) is 27.5. The van der Waals surface area contributed by atoms with Gasteiger partial charge in [-0.3, -0.25) is 9.52 Å². The topological polar surface area (TPSA) is 113 Å². The molecule has 4 rings (SSSR count). The van der Waals surface area contributed by atoms with E-state index < -0.39 is 26.0 Å². The molecule has 0 aliphatic carbocycles. The molecular formula is C27H30ClN3O5S2. The van der Waals surface area contributed by atoms with Crippen LogP contribution in [0.1, 0.15) is 47.2 Å². The van der Waals surface area contributed by atoms with Gasteiger partial charge < -0.3 is 5.32 Å². The predicted molar refractivity (Wildman–Crippen MR) is 150 cm³/mol. The Bertz CT molecular complexity index is 1550. The van der Waals surface area contributed by atoms with Gasteiger partial charge in [0, 0.05) is 30.0 Å². The van der Waals surface area contributed by atoms with Gasteiger partial charge in [0.15, 0.2) is 0 Å². The number of hydrogen-bond acceptors (Lipinski definition) is 5. The van der Waals surface area contributed by atoms with E-state index in [-0.39, 0.29) is 20.4 Å². The van der Waals surface area contributed by atoms with E-state index in [1.165, 1.54) is 46.8 Å². The van der Waals surface area contributed by atoms with Crippen molar-refractivity contribution in [1.29, 1.82) is 0 Å². The average molecular weight is 576 g/mol. The summed E-state index contributed by atoms with van der Waals surface area (Å²) in [5.74, 6) is -0.563. The van der Waals surface area contributed by atoms with E-state index in [1.54, 1.807) is 12.1 Å². The number of sulfonamides is 2. The minimum absolute atomic E-state index is 0.0269. The Kier molecular flexibility index (Phi) is 8.46. The molecule has 2 N–H and O–H groups in total. The smallest absolute Gasteiger partial charge is 0.263 e. The van der Waals surface area contributed by atoms with Gasteiger partial charge in [0.1, 0.15) is 4.90 Å². The lowest BCUT2D eigenvalue weighted by Gasteiger charge is -2.20. The summed E-state index contributed by atoms with van der Waals surface area (Å²) in [5.41, 5.74) is 2.79. The Hall–Kier alpha value is -2.92. The van der Waals surface area contributed by atoms with Crippen LogP contribution in [0.5, 0.6) is 0 Å². The summed E-state index contributed by atoms with van der Waals surface area (Å²) in [6.45, 7) is 4.80. The molecule has 1 aliphatic rings. The zero-order valence-corrected chi connectivity index (χ0v) is 23.6. The normalized spacial score (nSPS) is 15.0. The van der Waals surface area contributed by atoms with Gasteiger partial charge in [-0.2, -0.15) is 4.31 Å². The third-order valence-electron chi connectivity index (χ3n) is 6.56. The second-order valence-electron chi connectivity index (χ2n) is 9.35. The maximum Gasteiger partial charge on any atom is 0.263 e. The minimum Gasteiger partial charge on any atom is -0.322 e. The molecule has 1 fully saturated rings. The maximum atomic E-state index is 13.0. The van der Waals surface area contributed by atoms with Crippen molar-refractivity contribution in [3.8, 4) is 0 Å². The number of carbonyl (C=O) groups is 1. The highest BCUT2D eigenvalue weighted by Gasteiger charge is 2.25. The molecule has 202 valence electrons. The molecule has 3 aromatic carbocycles. The Morgan fingerprint density at radius 3 is 2.05 bits per heavy atom. The largest absolute Gasteiger partial charge is 0.322 e. The highest BCUT2D eigenvalue weighted by atomic mass is 35.5. The van der Waals surface area contributed by atoms with Crippen molar-refractivity contribution in [2.45, 2.75) is 49.3 Å². The van der Waals surface area contributed by atoms with Gasteiger partial charge >= 0.3 is 0 Å². The summed E-state index contributed by atoms with van der Waals surface area (Å²) in [4.78, 5) is 12.8. The fraction of sp³-hybridized carbons (Fsp3) is 0.296. The quantitative estimate of drug-likeness (QED) is 0.382. The standard InChI is InChI=1S/C27H30ClN3O5S2/c1-19-7-9-23(17-20(19)2)30-37(33,34)26-18-21(8-14-25(26)28)27(32)29-22-10-12-24(13-11-22)38(35,36)31-15-5-3-4-6-16-31/h7-14,17-18,30H,3-6,15-16H2,1-2H3,(H,29,32). The van der Waals surface area contributed by atoms with Gasteiger partial charge in [-0.05, 0) is 92.4 Å². The predicted octanol–water partition coefficient (Wildman–Crippen LogP) is 5.57. The third kappa shape index (κ3) is 6.37. The summed E-state index contributed by atoms with van der Waals surface area (Å²) in [6.07, 6.45) is 3.72. The summed E-state index contributed by atoms with van der Waals surface area (Å²) in [7, 11) is -7.68.